The lowest BCUT2D eigenvalue weighted by Crippen LogP contribution is -2.38. The van der Waals surface area contributed by atoms with E-state index in [1.54, 1.807) is 6.20 Å². The van der Waals surface area contributed by atoms with Crippen LogP contribution in [0.5, 0.6) is 0 Å². The first-order valence-electron chi connectivity index (χ1n) is 13.8. The van der Waals surface area contributed by atoms with Gasteiger partial charge in [0.05, 0.1) is 23.7 Å². The highest BCUT2D eigenvalue weighted by Crippen LogP contribution is 2.45. The second kappa shape index (κ2) is 13.0. The zero-order valence-electron chi connectivity index (χ0n) is 23.5. The van der Waals surface area contributed by atoms with Crippen molar-refractivity contribution in [2.24, 2.45) is 4.99 Å². The molecule has 7 nitrogen and oxygen atoms in total. The van der Waals surface area contributed by atoms with Crippen molar-refractivity contribution in [1.82, 2.24) is 15.2 Å². The van der Waals surface area contributed by atoms with Crippen molar-refractivity contribution in [3.8, 4) is 0 Å². The Labute approximate surface area is 245 Å². The van der Waals surface area contributed by atoms with Crippen LogP contribution in [0.1, 0.15) is 61.5 Å². The van der Waals surface area contributed by atoms with Crippen LogP contribution in [-0.4, -0.2) is 33.5 Å². The van der Waals surface area contributed by atoms with Gasteiger partial charge in [0, 0.05) is 30.6 Å². The molecule has 2 aromatic carbocycles. The van der Waals surface area contributed by atoms with Crippen LogP contribution >= 0.6 is 11.8 Å². The number of nitrogens with one attached hydrogen (secondary N) is 1. The maximum atomic E-state index is 13.6. The maximum absolute atomic E-state index is 13.6. The number of benzene rings is 2. The molecule has 3 heterocycles. The summed E-state index contributed by atoms with van der Waals surface area (Å²) in [5, 5.41) is 5.71. The molecule has 1 aromatic heterocycles. The number of aromatic nitrogens is 1. The monoisotopic (exact) mass is 566 g/mol. The van der Waals surface area contributed by atoms with Crippen LogP contribution < -0.4 is 5.32 Å². The average Bonchev–Trinajstić information content (AvgIpc) is 3.37. The number of fused-ring (bicyclic) bond motifs is 1. The molecule has 8 heteroatoms. The van der Waals surface area contributed by atoms with E-state index in [9.17, 15) is 9.59 Å². The van der Waals surface area contributed by atoms with Crippen molar-refractivity contribution < 1.29 is 14.3 Å². The van der Waals surface area contributed by atoms with Gasteiger partial charge in [0.15, 0.2) is 5.17 Å². The van der Waals surface area contributed by atoms with E-state index in [0.717, 1.165) is 27.7 Å². The molecule has 210 valence electrons. The molecule has 0 bridgehead atoms. The molecular formula is C33H34N4O3S. The van der Waals surface area contributed by atoms with Crippen LogP contribution in [0.2, 0.25) is 0 Å². The van der Waals surface area contributed by atoms with Gasteiger partial charge in [-0.3, -0.25) is 9.78 Å². The summed E-state index contributed by atoms with van der Waals surface area (Å²) in [6.07, 6.45) is 2.57. The van der Waals surface area contributed by atoms with Crippen molar-refractivity contribution in [3.63, 3.8) is 0 Å². The Kier molecular flexibility index (Phi) is 8.99. The fourth-order valence-corrected chi connectivity index (χ4v) is 5.88. The van der Waals surface area contributed by atoms with E-state index in [-0.39, 0.29) is 18.9 Å². The third kappa shape index (κ3) is 6.77. The van der Waals surface area contributed by atoms with E-state index in [4.69, 9.17) is 9.73 Å². The number of nitrogens with zero attached hydrogens (tertiary/aromatic N) is 3. The Morgan fingerprint density at radius 1 is 1.02 bits per heavy atom. The Morgan fingerprint density at radius 3 is 2.49 bits per heavy atom. The van der Waals surface area contributed by atoms with Gasteiger partial charge in [-0.05, 0) is 47.1 Å². The molecule has 0 spiro atoms. The molecule has 41 heavy (non-hydrogen) atoms. The summed E-state index contributed by atoms with van der Waals surface area (Å²) < 4.78 is 5.81. The van der Waals surface area contributed by atoms with Gasteiger partial charge in [0.25, 0.3) is 0 Å². The van der Waals surface area contributed by atoms with E-state index in [2.05, 4.69) is 48.4 Å². The van der Waals surface area contributed by atoms with Gasteiger partial charge < -0.3 is 15.0 Å². The summed E-state index contributed by atoms with van der Waals surface area (Å²) in [4.78, 5) is 37.8. The molecule has 1 unspecified atom stereocenters. The molecule has 2 aliphatic rings. The minimum Gasteiger partial charge on any atom is -0.457 e. The smallest absolute Gasteiger partial charge is 0.338 e. The third-order valence-corrected chi connectivity index (χ3v) is 8.01. The Balaban J connectivity index is 1.38. The molecule has 0 radical (unpaired) electrons. The number of carbonyl (C=O) groups is 2. The molecule has 0 saturated heterocycles. The first-order valence-corrected chi connectivity index (χ1v) is 14.7. The minimum atomic E-state index is -0.463. The van der Waals surface area contributed by atoms with Crippen molar-refractivity contribution in [2.75, 3.05) is 6.54 Å². The molecular weight excluding hydrogens is 532 g/mol. The fourth-order valence-electron chi connectivity index (χ4n) is 4.91. The summed E-state index contributed by atoms with van der Waals surface area (Å²) in [6, 6.07) is 23.3. The Hall–Kier alpha value is -4.17. The molecule has 3 aromatic rings. The number of hydrogen-bond acceptors (Lipinski definition) is 7. The number of allylic oxidation sites excluding steroid dienone is 1. The predicted molar refractivity (Wildman–Crippen MR) is 163 cm³/mol. The van der Waals surface area contributed by atoms with Gasteiger partial charge in [-0.2, -0.15) is 0 Å². The lowest BCUT2D eigenvalue weighted by molar-refractivity contribution is -0.141. The second-order valence-electron chi connectivity index (χ2n) is 10.4. The lowest BCUT2D eigenvalue weighted by atomic mass is 9.92. The van der Waals surface area contributed by atoms with Gasteiger partial charge in [0.1, 0.15) is 6.61 Å². The number of pyridine rings is 1. The Morgan fingerprint density at radius 2 is 1.78 bits per heavy atom. The molecule has 2 aliphatic heterocycles. The molecule has 1 atom stereocenters. The largest absolute Gasteiger partial charge is 0.457 e. The van der Waals surface area contributed by atoms with Crippen LogP contribution in [0.15, 0.2) is 106 Å². The topological polar surface area (TPSA) is 83.9 Å². The van der Waals surface area contributed by atoms with Gasteiger partial charge in [-0.15, -0.1) is 0 Å². The van der Waals surface area contributed by atoms with Crippen LogP contribution in [-0.2, 0) is 27.4 Å². The van der Waals surface area contributed by atoms with Crippen LogP contribution in [0.25, 0.3) is 0 Å². The van der Waals surface area contributed by atoms with Gasteiger partial charge >= 0.3 is 5.97 Å². The number of amides is 1. The molecule has 5 rings (SSSR count). The normalized spacial score (nSPS) is 16.3. The number of ether oxygens (including phenoxy) is 1. The number of carbonyl (C=O) groups excluding carboxylic acids is 2. The summed E-state index contributed by atoms with van der Waals surface area (Å²) in [5.41, 5.74) is 5.89. The van der Waals surface area contributed by atoms with Crippen molar-refractivity contribution >= 4 is 28.8 Å². The third-order valence-electron chi connectivity index (χ3n) is 7.12. The summed E-state index contributed by atoms with van der Waals surface area (Å²) in [7, 11) is 0. The standard InChI is InChI=1S/C33H34N4O3S/c1-22(2)25-12-14-26(15-13-25)31-30(32(39)40-20-24-9-5-4-6-10-24)23(3)36-33-37(31)28(21-41-33)19-29(38)35-18-16-27-11-7-8-17-34-27/h4-15,17,21-22,31H,16,18-20H2,1-3H3,(H,35,38). The Bertz CT molecular complexity index is 1480. The highest BCUT2D eigenvalue weighted by molar-refractivity contribution is 8.16. The first-order chi connectivity index (χ1) is 19.9. The van der Waals surface area contributed by atoms with Crippen LogP contribution in [0.4, 0.5) is 0 Å². The molecule has 1 amide bonds. The van der Waals surface area contributed by atoms with Gasteiger partial charge in [-0.25, -0.2) is 9.79 Å². The van der Waals surface area contributed by atoms with Gasteiger partial charge in [-0.1, -0.05) is 86.3 Å². The second-order valence-corrected chi connectivity index (χ2v) is 11.2. The minimum absolute atomic E-state index is 0.0950. The van der Waals surface area contributed by atoms with Crippen molar-refractivity contribution in [2.45, 2.75) is 52.2 Å². The molecule has 0 aliphatic carbocycles. The molecule has 0 saturated carbocycles. The first kappa shape index (κ1) is 28.4. The van der Waals surface area contributed by atoms with Crippen molar-refractivity contribution in [3.05, 3.63) is 124 Å². The van der Waals surface area contributed by atoms with E-state index < -0.39 is 12.0 Å². The molecule has 0 fully saturated rings. The van der Waals surface area contributed by atoms with E-state index in [0.29, 0.717) is 30.2 Å². The summed E-state index contributed by atoms with van der Waals surface area (Å²) in [5.74, 6) is -0.127. The van der Waals surface area contributed by atoms with Crippen molar-refractivity contribution in [1.29, 1.82) is 0 Å². The summed E-state index contributed by atoms with van der Waals surface area (Å²) >= 11 is 1.47. The highest BCUT2D eigenvalue weighted by Gasteiger charge is 2.41. The fraction of sp³-hybridized carbons (Fsp3) is 0.273. The highest BCUT2D eigenvalue weighted by atomic mass is 32.2. The quantitative estimate of drug-likeness (QED) is 0.291. The number of aliphatic imine (C=N–C) groups is 1. The lowest BCUT2D eigenvalue weighted by Gasteiger charge is -2.36. The van der Waals surface area contributed by atoms with Gasteiger partial charge in [0.2, 0.25) is 5.91 Å². The predicted octanol–water partition coefficient (Wildman–Crippen LogP) is 6.27. The number of amidine groups is 1. The number of hydrogen-bond donors (Lipinski definition) is 1. The van der Waals surface area contributed by atoms with Crippen LogP contribution in [0, 0.1) is 0 Å². The number of thioether (sulfide) groups is 1. The zero-order valence-corrected chi connectivity index (χ0v) is 24.4. The molecule has 1 N–H and O–H groups in total. The number of esters is 1. The maximum Gasteiger partial charge on any atom is 0.338 e. The van der Waals surface area contributed by atoms with E-state index in [1.165, 1.54) is 17.3 Å². The SMILES string of the molecule is CC1=C(C(=O)OCc2ccccc2)C(c2ccc(C(C)C)cc2)N2C(CC(=O)NCCc3ccccn3)=CSC2=N1. The summed E-state index contributed by atoms with van der Waals surface area (Å²) in [6.45, 7) is 6.82. The van der Waals surface area contributed by atoms with E-state index >= 15 is 0 Å². The van der Waals surface area contributed by atoms with E-state index in [1.807, 2.05) is 65.8 Å². The number of rotatable bonds is 10. The zero-order chi connectivity index (χ0) is 28.8. The average molecular weight is 567 g/mol. The van der Waals surface area contributed by atoms with Crippen LogP contribution in [0.3, 0.4) is 0 Å².